The van der Waals surface area contributed by atoms with Crippen molar-refractivity contribution in [3.05, 3.63) is 53.9 Å². The van der Waals surface area contributed by atoms with Gasteiger partial charge in [-0.3, -0.25) is 4.98 Å². The van der Waals surface area contributed by atoms with E-state index in [0.717, 1.165) is 11.1 Å². The van der Waals surface area contributed by atoms with Crippen LogP contribution in [0.2, 0.25) is 0 Å². The quantitative estimate of drug-likeness (QED) is 0.588. The monoisotopic (exact) mass is 288 g/mol. The van der Waals surface area contributed by atoms with E-state index in [1.165, 1.54) is 0 Å². The van der Waals surface area contributed by atoms with E-state index in [4.69, 9.17) is 5.73 Å². The van der Waals surface area contributed by atoms with Crippen molar-refractivity contribution in [3.63, 3.8) is 0 Å². The predicted octanol–water partition coefficient (Wildman–Crippen LogP) is 2.33. The average Bonchev–Trinajstić information content (AvgIpc) is 2.32. The zero-order valence-corrected chi connectivity index (χ0v) is 11.1. The number of hydrogen-bond donors (Lipinski definition) is 1. The van der Waals surface area contributed by atoms with Gasteiger partial charge in [0.2, 0.25) is 0 Å². The Morgan fingerprint density at radius 1 is 1.47 bits per heavy atom. The Hall–Kier alpha value is -1.37. The molecule has 0 aliphatic heterocycles. The van der Waals surface area contributed by atoms with Gasteiger partial charge in [0.25, 0.3) is 0 Å². The molecule has 0 bridgehead atoms. The maximum Gasteiger partial charge on any atom is 0.123 e. The molecule has 2 rings (SSSR count). The molecule has 2 nitrogen and oxygen atoms in total. The van der Waals surface area contributed by atoms with Crippen LogP contribution in [0.5, 0.6) is 0 Å². The fourth-order valence-electron chi connectivity index (χ4n) is 1.51. The first-order chi connectivity index (χ1) is 8.12. The molecule has 0 spiro atoms. The van der Waals surface area contributed by atoms with Crippen LogP contribution in [0.25, 0.3) is 0 Å². The Morgan fingerprint density at radius 3 is 3.00 bits per heavy atom. The molecular weight excluding hydrogens is 276 g/mol. The van der Waals surface area contributed by atoms with Gasteiger partial charge in [0.05, 0.1) is 6.04 Å². The van der Waals surface area contributed by atoms with Crippen molar-refractivity contribution < 1.29 is 0 Å². The van der Waals surface area contributed by atoms with Gasteiger partial charge in [-0.1, -0.05) is 52.1 Å². The van der Waals surface area contributed by atoms with Crippen LogP contribution in [0.3, 0.4) is 0 Å². The van der Waals surface area contributed by atoms with Gasteiger partial charge in [0, 0.05) is 18.0 Å². The summed E-state index contributed by atoms with van der Waals surface area (Å²) in [5, 5.41) is 0. The Labute approximate surface area is 110 Å². The number of halogens is 1. The molecule has 3 heteroatoms. The third-order valence-electron chi connectivity index (χ3n) is 2.68. The minimum atomic E-state index is -0.482. The number of nitrogens with zero attached hydrogens (tertiary/aromatic N) is 1. The summed E-state index contributed by atoms with van der Waals surface area (Å²) in [6, 6.07) is 1.80. The predicted molar refractivity (Wildman–Crippen MR) is 73.8 cm³/mol. The zero-order chi connectivity index (χ0) is 12.3. The van der Waals surface area contributed by atoms with Crippen LogP contribution >= 0.6 is 15.9 Å². The van der Waals surface area contributed by atoms with Crippen molar-refractivity contribution in [3.8, 4) is 11.8 Å². The Balaban J connectivity index is 2.31. The van der Waals surface area contributed by atoms with Gasteiger partial charge in [-0.2, -0.15) is 0 Å². The molecule has 1 aromatic heterocycles. The number of pyridine rings is 1. The summed E-state index contributed by atoms with van der Waals surface area (Å²) in [6.07, 6.45) is 11.3. The van der Waals surface area contributed by atoms with Gasteiger partial charge in [-0.25, -0.2) is 0 Å². The maximum atomic E-state index is 6.01. The summed E-state index contributed by atoms with van der Waals surface area (Å²) in [4.78, 5) is 4.07. The molecule has 1 aliphatic carbocycles. The maximum absolute atomic E-state index is 6.01. The molecule has 0 radical (unpaired) electrons. The second-order valence-corrected chi connectivity index (χ2v) is 5.29. The second kappa shape index (κ2) is 4.87. The Bertz CT molecular complexity index is 537. The topological polar surface area (TPSA) is 38.9 Å². The molecule has 1 aromatic rings. The number of hydrogen-bond acceptors (Lipinski definition) is 2. The third-order valence-corrected chi connectivity index (χ3v) is 3.67. The zero-order valence-electron chi connectivity index (χ0n) is 9.52. The molecule has 0 amide bonds. The van der Waals surface area contributed by atoms with Gasteiger partial charge < -0.3 is 5.73 Å². The number of nitrogens with two attached hydrogens (primary N) is 1. The fraction of sp³-hybridized carbons (Fsp3) is 0.214. The lowest BCUT2D eigenvalue weighted by Gasteiger charge is -2.24. The molecule has 0 saturated heterocycles. The molecule has 0 aromatic carbocycles. The largest absolute Gasteiger partial charge is 0.322 e. The summed E-state index contributed by atoms with van der Waals surface area (Å²) in [6.45, 7) is 2.02. The first-order valence-electron chi connectivity index (χ1n) is 5.36. The Morgan fingerprint density at radius 2 is 2.29 bits per heavy atom. The van der Waals surface area contributed by atoms with Crippen LogP contribution in [-0.4, -0.2) is 15.4 Å². The van der Waals surface area contributed by atoms with E-state index < -0.39 is 4.32 Å². The van der Waals surface area contributed by atoms with E-state index in [-0.39, 0.29) is 6.04 Å². The van der Waals surface area contributed by atoms with E-state index in [1.54, 1.807) is 12.4 Å². The summed E-state index contributed by atoms with van der Waals surface area (Å²) in [7, 11) is 0. The molecule has 2 unspecified atom stereocenters. The highest BCUT2D eigenvalue weighted by Crippen LogP contribution is 2.26. The van der Waals surface area contributed by atoms with Crippen LogP contribution in [0.15, 0.2) is 42.8 Å². The molecule has 86 valence electrons. The molecule has 1 aliphatic rings. The summed E-state index contributed by atoms with van der Waals surface area (Å²) in [5.74, 6) is 6.30. The first-order valence-corrected chi connectivity index (χ1v) is 6.15. The van der Waals surface area contributed by atoms with Gasteiger partial charge in [0.1, 0.15) is 4.32 Å². The lowest BCUT2D eigenvalue weighted by Crippen LogP contribution is -2.40. The molecule has 2 atom stereocenters. The Kier molecular flexibility index (Phi) is 3.46. The molecule has 17 heavy (non-hydrogen) atoms. The molecule has 1 heterocycles. The highest BCUT2D eigenvalue weighted by molar-refractivity contribution is 9.10. The van der Waals surface area contributed by atoms with Crippen LogP contribution in [0, 0.1) is 18.8 Å². The summed E-state index contributed by atoms with van der Waals surface area (Å²) in [5.41, 5.74) is 8.06. The van der Waals surface area contributed by atoms with Gasteiger partial charge in [-0.05, 0) is 18.6 Å². The van der Waals surface area contributed by atoms with E-state index in [0.29, 0.717) is 0 Å². The number of aromatic nitrogens is 1. The van der Waals surface area contributed by atoms with Gasteiger partial charge >= 0.3 is 0 Å². The van der Waals surface area contributed by atoms with E-state index in [2.05, 4.69) is 32.8 Å². The lowest BCUT2D eigenvalue weighted by atomic mass is 9.95. The van der Waals surface area contributed by atoms with Crippen molar-refractivity contribution in [2.24, 2.45) is 5.73 Å². The van der Waals surface area contributed by atoms with Crippen molar-refractivity contribution in [2.45, 2.75) is 17.3 Å². The van der Waals surface area contributed by atoms with Crippen molar-refractivity contribution in [1.82, 2.24) is 4.98 Å². The molecule has 0 fully saturated rings. The van der Waals surface area contributed by atoms with Crippen LogP contribution < -0.4 is 5.73 Å². The van der Waals surface area contributed by atoms with Gasteiger partial charge in [0.15, 0.2) is 0 Å². The normalized spacial score (nSPS) is 26.4. The number of alkyl halides is 1. The first kappa shape index (κ1) is 12.1. The minimum Gasteiger partial charge on any atom is -0.322 e. The lowest BCUT2D eigenvalue weighted by molar-refractivity contribution is 0.761. The van der Waals surface area contributed by atoms with Crippen molar-refractivity contribution in [1.29, 1.82) is 0 Å². The summed E-state index contributed by atoms with van der Waals surface area (Å²) < 4.78 is -0.482. The van der Waals surface area contributed by atoms with Crippen molar-refractivity contribution in [2.75, 3.05) is 0 Å². The van der Waals surface area contributed by atoms with Crippen LogP contribution in [0.4, 0.5) is 0 Å². The number of allylic oxidation sites excluding steroid dienone is 2. The van der Waals surface area contributed by atoms with Crippen molar-refractivity contribution >= 4 is 15.9 Å². The smallest absolute Gasteiger partial charge is 0.123 e. The van der Waals surface area contributed by atoms with E-state index in [1.807, 2.05) is 37.3 Å². The van der Waals surface area contributed by atoms with E-state index >= 15 is 0 Å². The highest BCUT2D eigenvalue weighted by Gasteiger charge is 2.28. The van der Waals surface area contributed by atoms with Crippen LogP contribution in [0.1, 0.15) is 11.1 Å². The molecule has 2 N–H and O–H groups in total. The highest BCUT2D eigenvalue weighted by atomic mass is 79.9. The molecular formula is C14H13BrN2. The van der Waals surface area contributed by atoms with Crippen LogP contribution in [-0.2, 0) is 0 Å². The number of rotatable bonds is 0. The third kappa shape index (κ3) is 2.66. The minimum absolute atomic E-state index is 0.142. The fourth-order valence-corrected chi connectivity index (χ4v) is 1.92. The summed E-state index contributed by atoms with van der Waals surface area (Å²) >= 11 is 3.59. The van der Waals surface area contributed by atoms with Gasteiger partial charge in [-0.15, -0.1) is 0 Å². The SMILES string of the molecule is Cc1ccncc1C#CC1(Br)C=CC=CC1N. The molecule has 0 saturated carbocycles. The standard InChI is InChI=1S/C14H13BrN2/c1-11-6-9-17-10-12(11)5-8-14(15)7-3-2-4-13(14)16/h2-4,6-7,9-10,13H,16H2,1H3. The number of aryl methyl sites for hydroxylation is 1. The van der Waals surface area contributed by atoms with E-state index in [9.17, 15) is 0 Å². The average molecular weight is 289 g/mol. The second-order valence-electron chi connectivity index (χ2n) is 3.98.